The minimum Gasteiger partial charge on any atom is -0.385 e. The van der Waals surface area contributed by atoms with Crippen molar-refractivity contribution in [2.24, 2.45) is 0 Å². The summed E-state index contributed by atoms with van der Waals surface area (Å²) in [6, 6.07) is 15.7. The van der Waals surface area contributed by atoms with E-state index in [1.54, 1.807) is 7.11 Å². The van der Waals surface area contributed by atoms with E-state index >= 15 is 0 Å². The highest BCUT2D eigenvalue weighted by Crippen LogP contribution is 2.27. The number of nitrogens with one attached hydrogen (secondary N) is 2. The average Bonchev–Trinajstić information content (AvgIpc) is 3.12. The number of para-hydroxylation sites is 1. The minimum atomic E-state index is -0.364. The summed E-state index contributed by atoms with van der Waals surface area (Å²) in [6.45, 7) is 3.53. The van der Waals surface area contributed by atoms with Crippen molar-refractivity contribution in [2.45, 2.75) is 25.8 Å². The third-order valence-corrected chi connectivity index (χ3v) is 4.72. The highest BCUT2D eigenvalue weighted by molar-refractivity contribution is 6.11. The molecule has 4 nitrogen and oxygen atoms in total. The van der Waals surface area contributed by atoms with Crippen molar-refractivity contribution in [2.75, 3.05) is 20.3 Å². The summed E-state index contributed by atoms with van der Waals surface area (Å²) in [5, 5.41) is 4.40. The molecule has 0 radical (unpaired) electrons. The van der Waals surface area contributed by atoms with Gasteiger partial charge in [0.15, 0.2) is 5.78 Å². The van der Waals surface area contributed by atoms with E-state index in [9.17, 15) is 4.79 Å². The SMILES string of the molecule is CCc1cccc2c(C(=O)C(NCCCOC)c3ccccc3)c[nH]c12. The fraction of sp³-hybridized carbons (Fsp3) is 0.318. The van der Waals surface area contributed by atoms with Gasteiger partial charge in [0, 0.05) is 36.4 Å². The molecule has 2 aromatic carbocycles. The molecule has 3 aromatic rings. The number of rotatable bonds is 9. The lowest BCUT2D eigenvalue weighted by molar-refractivity contribution is 0.0942. The number of aromatic amines is 1. The Bertz CT molecular complexity index is 855. The molecule has 136 valence electrons. The second-order valence-electron chi connectivity index (χ2n) is 6.40. The number of benzene rings is 2. The van der Waals surface area contributed by atoms with Crippen molar-refractivity contribution in [1.29, 1.82) is 0 Å². The largest absolute Gasteiger partial charge is 0.385 e. The van der Waals surface area contributed by atoms with Gasteiger partial charge in [-0.1, -0.05) is 55.5 Å². The Morgan fingerprint density at radius 3 is 2.69 bits per heavy atom. The Hall–Kier alpha value is -2.43. The third kappa shape index (κ3) is 3.87. The van der Waals surface area contributed by atoms with Gasteiger partial charge in [0.2, 0.25) is 0 Å². The monoisotopic (exact) mass is 350 g/mol. The van der Waals surface area contributed by atoms with Crippen LogP contribution in [0.5, 0.6) is 0 Å². The first kappa shape index (κ1) is 18.4. The number of aryl methyl sites for hydroxylation is 1. The predicted octanol–water partition coefficient (Wildman–Crippen LogP) is 4.28. The van der Waals surface area contributed by atoms with Gasteiger partial charge in [0.05, 0.1) is 6.04 Å². The molecule has 26 heavy (non-hydrogen) atoms. The summed E-state index contributed by atoms with van der Waals surface area (Å²) >= 11 is 0. The maximum atomic E-state index is 13.4. The lowest BCUT2D eigenvalue weighted by Gasteiger charge is -2.18. The summed E-state index contributed by atoms with van der Waals surface area (Å²) < 4.78 is 5.12. The molecule has 0 bridgehead atoms. The Kier molecular flexibility index (Phi) is 6.21. The van der Waals surface area contributed by atoms with Crippen LogP contribution in [0.1, 0.15) is 40.9 Å². The minimum absolute atomic E-state index is 0.0909. The van der Waals surface area contributed by atoms with Crippen LogP contribution in [0.3, 0.4) is 0 Å². The van der Waals surface area contributed by atoms with E-state index in [1.165, 1.54) is 5.56 Å². The van der Waals surface area contributed by atoms with Crippen LogP contribution in [-0.4, -0.2) is 31.0 Å². The maximum absolute atomic E-state index is 13.4. The predicted molar refractivity (Wildman–Crippen MR) is 106 cm³/mol. The summed E-state index contributed by atoms with van der Waals surface area (Å²) in [4.78, 5) is 16.7. The molecule has 0 saturated carbocycles. The summed E-state index contributed by atoms with van der Waals surface area (Å²) in [7, 11) is 1.69. The maximum Gasteiger partial charge on any atom is 0.186 e. The topological polar surface area (TPSA) is 54.1 Å². The molecule has 0 aliphatic carbocycles. The highest BCUT2D eigenvalue weighted by Gasteiger charge is 2.24. The summed E-state index contributed by atoms with van der Waals surface area (Å²) in [5.74, 6) is 0.0909. The first-order valence-electron chi connectivity index (χ1n) is 9.16. The zero-order chi connectivity index (χ0) is 18.4. The first-order chi connectivity index (χ1) is 12.8. The van der Waals surface area contributed by atoms with Gasteiger partial charge in [-0.05, 0) is 30.5 Å². The quantitative estimate of drug-likeness (QED) is 0.447. The molecule has 1 atom stereocenters. The van der Waals surface area contributed by atoms with Gasteiger partial charge in [-0.25, -0.2) is 0 Å². The van der Waals surface area contributed by atoms with Crippen LogP contribution < -0.4 is 5.32 Å². The molecule has 0 aliphatic rings. The van der Waals surface area contributed by atoms with Crippen molar-refractivity contribution < 1.29 is 9.53 Å². The Balaban J connectivity index is 1.92. The van der Waals surface area contributed by atoms with Crippen molar-refractivity contribution in [3.63, 3.8) is 0 Å². The van der Waals surface area contributed by atoms with Crippen molar-refractivity contribution in [1.82, 2.24) is 10.3 Å². The van der Waals surface area contributed by atoms with E-state index in [-0.39, 0.29) is 11.8 Å². The van der Waals surface area contributed by atoms with Gasteiger partial charge in [0.25, 0.3) is 0 Å². The molecule has 0 spiro atoms. The number of fused-ring (bicyclic) bond motifs is 1. The second kappa shape index (κ2) is 8.79. The second-order valence-corrected chi connectivity index (χ2v) is 6.40. The van der Waals surface area contributed by atoms with Crippen LogP contribution in [-0.2, 0) is 11.2 Å². The Labute approximate surface area is 154 Å². The van der Waals surface area contributed by atoms with Gasteiger partial charge in [0.1, 0.15) is 0 Å². The van der Waals surface area contributed by atoms with E-state index in [1.807, 2.05) is 48.7 Å². The molecule has 0 amide bonds. The number of H-pyrrole nitrogens is 1. The molecular formula is C22H26N2O2. The van der Waals surface area contributed by atoms with E-state index in [0.717, 1.165) is 41.4 Å². The number of aromatic nitrogens is 1. The van der Waals surface area contributed by atoms with Gasteiger partial charge in [-0.2, -0.15) is 0 Å². The molecule has 0 fully saturated rings. The van der Waals surface area contributed by atoms with Crippen LogP contribution in [0.4, 0.5) is 0 Å². The Morgan fingerprint density at radius 2 is 1.96 bits per heavy atom. The molecule has 1 aromatic heterocycles. The van der Waals surface area contributed by atoms with Gasteiger partial charge < -0.3 is 15.0 Å². The molecule has 0 aliphatic heterocycles. The molecular weight excluding hydrogens is 324 g/mol. The molecule has 1 heterocycles. The summed E-state index contributed by atoms with van der Waals surface area (Å²) in [5.41, 5.74) is 4.01. The lowest BCUT2D eigenvalue weighted by Crippen LogP contribution is -2.30. The number of Topliss-reactive ketones (excluding diaryl/α,β-unsaturated/α-hetero) is 1. The summed E-state index contributed by atoms with van der Waals surface area (Å²) in [6.07, 6.45) is 3.64. The molecule has 2 N–H and O–H groups in total. The number of hydrogen-bond donors (Lipinski definition) is 2. The van der Waals surface area contributed by atoms with Crippen molar-refractivity contribution in [3.8, 4) is 0 Å². The normalized spacial score (nSPS) is 12.4. The first-order valence-corrected chi connectivity index (χ1v) is 9.16. The zero-order valence-corrected chi connectivity index (χ0v) is 15.4. The Morgan fingerprint density at radius 1 is 1.15 bits per heavy atom. The number of carbonyl (C=O) groups excluding carboxylic acids is 1. The van der Waals surface area contributed by atoms with Crippen molar-refractivity contribution >= 4 is 16.7 Å². The van der Waals surface area contributed by atoms with E-state index in [0.29, 0.717) is 6.61 Å². The van der Waals surface area contributed by atoms with Gasteiger partial charge >= 0.3 is 0 Å². The lowest BCUT2D eigenvalue weighted by atomic mass is 9.96. The molecule has 4 heteroatoms. The third-order valence-electron chi connectivity index (χ3n) is 4.72. The number of hydrogen-bond acceptors (Lipinski definition) is 3. The number of ether oxygens (including phenoxy) is 1. The van der Waals surface area contributed by atoms with Crippen LogP contribution in [0.2, 0.25) is 0 Å². The van der Waals surface area contributed by atoms with E-state index in [2.05, 4.69) is 23.3 Å². The van der Waals surface area contributed by atoms with Crippen LogP contribution >= 0.6 is 0 Å². The number of carbonyl (C=O) groups is 1. The van der Waals surface area contributed by atoms with Crippen molar-refractivity contribution in [3.05, 3.63) is 71.4 Å². The van der Waals surface area contributed by atoms with Gasteiger partial charge in [-0.15, -0.1) is 0 Å². The standard InChI is InChI=1S/C22H26N2O2/c1-3-16-11-7-12-18-19(15-24-20(16)18)22(25)21(23-13-8-14-26-2)17-9-5-4-6-10-17/h4-7,9-12,15,21,23-24H,3,8,13-14H2,1-2H3. The number of ketones is 1. The zero-order valence-electron chi connectivity index (χ0n) is 15.4. The fourth-order valence-electron chi connectivity index (χ4n) is 3.34. The van der Waals surface area contributed by atoms with Crippen LogP contribution in [0.15, 0.2) is 54.7 Å². The molecule has 0 saturated heterocycles. The van der Waals surface area contributed by atoms with E-state index in [4.69, 9.17) is 4.74 Å². The van der Waals surface area contributed by atoms with Crippen LogP contribution in [0.25, 0.3) is 10.9 Å². The smallest absolute Gasteiger partial charge is 0.186 e. The van der Waals surface area contributed by atoms with Crippen LogP contribution in [0, 0.1) is 0 Å². The van der Waals surface area contributed by atoms with Gasteiger partial charge in [-0.3, -0.25) is 4.79 Å². The highest BCUT2D eigenvalue weighted by atomic mass is 16.5. The molecule has 3 rings (SSSR count). The van der Waals surface area contributed by atoms with E-state index < -0.39 is 0 Å². The number of methoxy groups -OCH3 is 1. The molecule has 1 unspecified atom stereocenters. The average molecular weight is 350 g/mol. The fourth-order valence-corrected chi connectivity index (χ4v) is 3.34.